The second-order valence-corrected chi connectivity index (χ2v) is 10.2. The molecule has 0 aliphatic rings. The van der Waals surface area contributed by atoms with Gasteiger partial charge in [0, 0.05) is 12.1 Å². The number of carbonyl (C=O) groups excluding carboxylic acids is 1. The third-order valence-corrected chi connectivity index (χ3v) is 6.89. The van der Waals surface area contributed by atoms with Gasteiger partial charge < -0.3 is 17.2 Å². The van der Waals surface area contributed by atoms with Crippen LogP contribution in [0.1, 0.15) is 30.5 Å². The Balaban J connectivity index is 1.78. The second-order valence-electron chi connectivity index (χ2n) is 8.56. The van der Waals surface area contributed by atoms with Gasteiger partial charge in [-0.2, -0.15) is 18.3 Å². The Labute approximate surface area is 217 Å². The zero-order chi connectivity index (χ0) is 28.1. The van der Waals surface area contributed by atoms with E-state index in [-0.39, 0.29) is 28.7 Å². The number of halogens is 3. The maximum atomic E-state index is 13.4. The van der Waals surface area contributed by atoms with E-state index in [0.29, 0.717) is 24.9 Å². The number of amides is 1. The lowest BCUT2D eigenvalue weighted by Gasteiger charge is -2.13. The predicted molar refractivity (Wildman–Crippen MR) is 137 cm³/mol. The highest BCUT2D eigenvalue weighted by molar-refractivity contribution is 7.90. The molecule has 0 saturated carbocycles. The molecule has 3 aromatic rings. The van der Waals surface area contributed by atoms with Crippen molar-refractivity contribution in [3.63, 3.8) is 0 Å². The van der Waals surface area contributed by atoms with Crippen LogP contribution in [-0.2, 0) is 21.0 Å². The number of sulfonamides is 1. The molecule has 0 fully saturated rings. The third-order valence-electron chi connectivity index (χ3n) is 5.53. The van der Waals surface area contributed by atoms with Gasteiger partial charge in [-0.05, 0) is 56.5 Å². The molecular formula is C24H28F3N7O3S. The van der Waals surface area contributed by atoms with Crippen molar-refractivity contribution in [1.29, 1.82) is 0 Å². The summed E-state index contributed by atoms with van der Waals surface area (Å²) >= 11 is 0. The fourth-order valence-electron chi connectivity index (χ4n) is 3.50. The molecule has 2 aromatic carbocycles. The van der Waals surface area contributed by atoms with Crippen molar-refractivity contribution in [1.82, 2.24) is 14.5 Å². The van der Waals surface area contributed by atoms with Crippen LogP contribution in [0.5, 0.6) is 0 Å². The average molecular weight is 552 g/mol. The van der Waals surface area contributed by atoms with E-state index in [0.717, 1.165) is 16.3 Å². The highest BCUT2D eigenvalue weighted by Gasteiger charge is 2.35. The molecule has 0 radical (unpaired) electrons. The largest absolute Gasteiger partial charge is 0.435 e. The van der Waals surface area contributed by atoms with Gasteiger partial charge in [0.25, 0.3) is 15.9 Å². The number of aryl methyl sites for hydroxylation is 1. The summed E-state index contributed by atoms with van der Waals surface area (Å²) in [5.74, 6) is -0.941. The summed E-state index contributed by atoms with van der Waals surface area (Å²) in [5.41, 5.74) is 17.0. The van der Waals surface area contributed by atoms with Crippen molar-refractivity contribution in [2.75, 3.05) is 6.54 Å². The summed E-state index contributed by atoms with van der Waals surface area (Å²) in [7, 11) is -4.28. The van der Waals surface area contributed by atoms with Gasteiger partial charge in [0.15, 0.2) is 11.7 Å². The van der Waals surface area contributed by atoms with E-state index in [1.807, 2.05) is 11.6 Å². The fraction of sp³-hybridized carbons (Fsp3) is 0.292. The van der Waals surface area contributed by atoms with Gasteiger partial charge in [0.1, 0.15) is 0 Å². The number of unbranched alkanes of at least 4 members (excludes halogenated alkanes) is 1. The minimum atomic E-state index is -4.68. The van der Waals surface area contributed by atoms with Crippen molar-refractivity contribution >= 4 is 21.9 Å². The number of benzene rings is 2. The van der Waals surface area contributed by atoms with Gasteiger partial charge in [-0.1, -0.05) is 29.8 Å². The number of aromatic nitrogens is 2. The van der Waals surface area contributed by atoms with Crippen molar-refractivity contribution in [3.8, 4) is 16.9 Å². The number of rotatable bonds is 10. The molecule has 1 heterocycles. The summed E-state index contributed by atoms with van der Waals surface area (Å²) in [6.45, 7) is 2.20. The number of nitrogens with one attached hydrogen (secondary N) is 1. The van der Waals surface area contributed by atoms with Crippen LogP contribution >= 0.6 is 0 Å². The van der Waals surface area contributed by atoms with Crippen LogP contribution in [0.4, 0.5) is 13.2 Å². The lowest BCUT2D eigenvalue weighted by Crippen LogP contribution is -2.43. The molecule has 14 heteroatoms. The molecular weight excluding hydrogens is 523 g/mol. The van der Waals surface area contributed by atoms with Crippen LogP contribution in [0.3, 0.4) is 0 Å². The minimum absolute atomic E-state index is 0.0520. The molecule has 3 rings (SSSR count). The Bertz CT molecular complexity index is 1400. The van der Waals surface area contributed by atoms with Crippen molar-refractivity contribution in [3.05, 3.63) is 65.9 Å². The molecule has 0 saturated heterocycles. The molecule has 0 aliphatic heterocycles. The van der Waals surface area contributed by atoms with Crippen LogP contribution in [0.15, 0.2) is 64.5 Å². The maximum Gasteiger partial charge on any atom is 0.435 e. The number of hydrogen-bond donors (Lipinski definition) is 4. The van der Waals surface area contributed by atoms with E-state index in [9.17, 15) is 26.4 Å². The quantitative estimate of drug-likeness (QED) is 0.170. The van der Waals surface area contributed by atoms with Crippen LogP contribution < -0.4 is 21.9 Å². The smallest absolute Gasteiger partial charge is 0.370 e. The van der Waals surface area contributed by atoms with Crippen LogP contribution in [0.2, 0.25) is 0 Å². The first-order valence-electron chi connectivity index (χ1n) is 11.5. The number of aliphatic imine (C=N–C) groups is 1. The van der Waals surface area contributed by atoms with Gasteiger partial charge in [-0.3, -0.25) is 9.79 Å². The van der Waals surface area contributed by atoms with Crippen LogP contribution in [0, 0.1) is 6.92 Å². The molecule has 7 N–H and O–H groups in total. The summed E-state index contributed by atoms with van der Waals surface area (Å²) < 4.78 is 68.6. The Morgan fingerprint density at radius 1 is 1.08 bits per heavy atom. The topological polar surface area (TPSA) is 171 Å². The maximum absolute atomic E-state index is 13.4. The molecule has 1 aromatic heterocycles. The van der Waals surface area contributed by atoms with E-state index < -0.39 is 33.8 Å². The summed E-state index contributed by atoms with van der Waals surface area (Å²) in [6, 6.07) is 11.6. The average Bonchev–Trinajstić information content (AvgIpc) is 3.30. The number of alkyl halides is 3. The lowest BCUT2D eigenvalue weighted by molar-refractivity contribution is -0.141. The van der Waals surface area contributed by atoms with Crippen molar-refractivity contribution in [2.24, 2.45) is 22.2 Å². The Morgan fingerprint density at radius 3 is 2.29 bits per heavy atom. The monoisotopic (exact) mass is 551 g/mol. The van der Waals surface area contributed by atoms with Crippen LogP contribution in [-0.4, -0.2) is 42.7 Å². The molecule has 0 spiro atoms. The summed E-state index contributed by atoms with van der Waals surface area (Å²) in [6.07, 6.45) is -3.42. The Morgan fingerprint density at radius 2 is 1.71 bits per heavy atom. The molecule has 204 valence electrons. The molecule has 1 atom stereocenters. The van der Waals surface area contributed by atoms with E-state index in [1.165, 1.54) is 24.3 Å². The molecule has 0 bridgehead atoms. The number of hydrogen-bond acceptors (Lipinski definition) is 6. The third kappa shape index (κ3) is 7.32. The predicted octanol–water partition coefficient (Wildman–Crippen LogP) is 2.44. The van der Waals surface area contributed by atoms with E-state index in [1.54, 1.807) is 24.3 Å². The van der Waals surface area contributed by atoms with Gasteiger partial charge in [0.2, 0.25) is 0 Å². The SMILES string of the molecule is Cc1ccc(-c2cc(C(F)(F)F)nn2-c2ccc(S(=O)(=O)NC(=O)[C@@H](N)CCCCN=C(N)N)cc2)cc1. The Hall–Kier alpha value is -3.91. The number of nitrogens with zero attached hydrogens (tertiary/aromatic N) is 3. The normalized spacial score (nSPS) is 12.7. The first kappa shape index (κ1) is 28.7. The lowest BCUT2D eigenvalue weighted by atomic mass is 10.1. The molecule has 0 unspecified atom stereocenters. The standard InChI is InChI=1S/C24H28F3N7O3S/c1-15-5-7-16(8-6-15)20-14-21(24(25,26)27)32-34(20)17-9-11-18(12-10-17)38(36,37)33-22(35)19(28)4-2-3-13-31-23(29)30/h5-12,14,19H,2-4,13,28H2,1H3,(H,33,35)(H4,29,30,31)/t19-/m0/s1. The minimum Gasteiger partial charge on any atom is -0.370 e. The number of carbonyl (C=O) groups is 1. The summed E-state index contributed by atoms with van der Waals surface area (Å²) in [4.78, 5) is 15.8. The van der Waals surface area contributed by atoms with Gasteiger partial charge in [-0.15, -0.1) is 0 Å². The number of nitrogens with two attached hydrogens (primary N) is 3. The molecule has 1 amide bonds. The van der Waals surface area contributed by atoms with Gasteiger partial charge in [0.05, 0.1) is 22.3 Å². The Kier molecular flexibility index (Phi) is 8.78. The molecule has 10 nitrogen and oxygen atoms in total. The van der Waals surface area contributed by atoms with Crippen molar-refractivity contribution < 1.29 is 26.4 Å². The van der Waals surface area contributed by atoms with E-state index >= 15 is 0 Å². The molecule has 38 heavy (non-hydrogen) atoms. The van der Waals surface area contributed by atoms with Gasteiger partial charge >= 0.3 is 6.18 Å². The fourth-order valence-corrected chi connectivity index (χ4v) is 4.52. The number of guanidine groups is 1. The van der Waals surface area contributed by atoms with Crippen LogP contribution in [0.25, 0.3) is 16.9 Å². The van der Waals surface area contributed by atoms with E-state index in [4.69, 9.17) is 17.2 Å². The second kappa shape index (κ2) is 11.6. The van der Waals surface area contributed by atoms with Crippen molar-refractivity contribution in [2.45, 2.75) is 43.3 Å². The first-order valence-corrected chi connectivity index (χ1v) is 13.0. The summed E-state index contributed by atoms with van der Waals surface area (Å²) in [5, 5.41) is 3.70. The van der Waals surface area contributed by atoms with Gasteiger partial charge in [-0.25, -0.2) is 17.8 Å². The zero-order valence-corrected chi connectivity index (χ0v) is 21.3. The first-order chi connectivity index (χ1) is 17.8. The highest BCUT2D eigenvalue weighted by atomic mass is 32.2. The highest BCUT2D eigenvalue weighted by Crippen LogP contribution is 2.33. The zero-order valence-electron chi connectivity index (χ0n) is 20.4. The molecule has 0 aliphatic carbocycles. The van der Waals surface area contributed by atoms with E-state index in [2.05, 4.69) is 10.1 Å².